The van der Waals surface area contributed by atoms with Crippen molar-refractivity contribution >= 4 is 12.0 Å². The van der Waals surface area contributed by atoms with Crippen LogP contribution < -0.4 is 5.32 Å². The number of hydrogen-bond acceptors (Lipinski definition) is 5. The first kappa shape index (κ1) is 15.2. The summed E-state index contributed by atoms with van der Waals surface area (Å²) >= 11 is 0. The third-order valence-electron chi connectivity index (χ3n) is 3.33. The zero-order valence-corrected chi connectivity index (χ0v) is 11.9. The molecule has 0 radical (unpaired) electrons. The number of urea groups is 1. The molecule has 1 saturated heterocycles. The molecule has 2 heterocycles. The van der Waals surface area contributed by atoms with Gasteiger partial charge in [-0.15, -0.1) is 5.10 Å². The second-order valence-electron chi connectivity index (χ2n) is 4.73. The first-order valence-corrected chi connectivity index (χ1v) is 6.87. The lowest BCUT2D eigenvalue weighted by Gasteiger charge is -2.35. The van der Waals surface area contributed by atoms with Gasteiger partial charge in [-0.1, -0.05) is 12.1 Å². The Balaban J connectivity index is 1.79. The summed E-state index contributed by atoms with van der Waals surface area (Å²) in [5.41, 5.74) is -0.111. The van der Waals surface area contributed by atoms with E-state index in [2.05, 4.69) is 15.6 Å². The number of aromatic nitrogens is 3. The Kier molecular flexibility index (Phi) is 5.09. The van der Waals surface area contributed by atoms with E-state index in [1.807, 2.05) is 6.92 Å². The summed E-state index contributed by atoms with van der Waals surface area (Å²) in [4.78, 5) is 24.5. The fourth-order valence-corrected chi connectivity index (χ4v) is 2.15. The third kappa shape index (κ3) is 3.91. The highest BCUT2D eigenvalue weighted by Gasteiger charge is 2.25. The van der Waals surface area contributed by atoms with Crippen LogP contribution in [-0.4, -0.2) is 69.3 Å². The molecule has 2 N–H and O–H groups in total. The van der Waals surface area contributed by atoms with Crippen molar-refractivity contribution in [1.82, 2.24) is 25.2 Å². The number of carboxylic acid groups (broad SMARTS) is 1. The van der Waals surface area contributed by atoms with Gasteiger partial charge >= 0.3 is 12.0 Å². The van der Waals surface area contributed by atoms with Crippen molar-refractivity contribution in [3.63, 3.8) is 0 Å². The third-order valence-corrected chi connectivity index (χ3v) is 3.33. The second-order valence-corrected chi connectivity index (χ2v) is 4.73. The van der Waals surface area contributed by atoms with Gasteiger partial charge in [0.2, 0.25) is 0 Å². The first-order valence-electron chi connectivity index (χ1n) is 6.87. The summed E-state index contributed by atoms with van der Waals surface area (Å²) in [7, 11) is 0. The van der Waals surface area contributed by atoms with Gasteiger partial charge in [-0.05, 0) is 6.42 Å². The Bertz CT molecular complexity index is 504. The molecular formula is C12H19N5O4. The van der Waals surface area contributed by atoms with Crippen LogP contribution in [0.5, 0.6) is 0 Å². The molecule has 1 unspecified atom stereocenters. The molecule has 9 nitrogen and oxygen atoms in total. The number of carboxylic acids is 1. The largest absolute Gasteiger partial charge is 0.476 e. The number of ether oxygens (including phenoxy) is 1. The van der Waals surface area contributed by atoms with Crippen molar-refractivity contribution in [2.75, 3.05) is 26.3 Å². The lowest BCUT2D eigenvalue weighted by atomic mass is 10.2. The number of morpholine rings is 1. The number of rotatable bonds is 5. The average molecular weight is 297 g/mol. The van der Waals surface area contributed by atoms with Crippen LogP contribution in [0.2, 0.25) is 0 Å². The molecule has 116 valence electrons. The van der Waals surface area contributed by atoms with Crippen molar-refractivity contribution in [1.29, 1.82) is 0 Å². The molecule has 1 aliphatic heterocycles. The Labute approximate surface area is 121 Å². The highest BCUT2D eigenvalue weighted by Crippen LogP contribution is 2.09. The van der Waals surface area contributed by atoms with Crippen LogP contribution >= 0.6 is 0 Å². The van der Waals surface area contributed by atoms with Gasteiger partial charge in [0.15, 0.2) is 5.69 Å². The normalized spacial score (nSPS) is 18.5. The van der Waals surface area contributed by atoms with Crippen molar-refractivity contribution in [2.24, 2.45) is 0 Å². The summed E-state index contributed by atoms with van der Waals surface area (Å²) < 4.78 is 6.74. The molecule has 0 saturated carbocycles. The topological polar surface area (TPSA) is 110 Å². The lowest BCUT2D eigenvalue weighted by molar-refractivity contribution is 0.0113. The summed E-state index contributed by atoms with van der Waals surface area (Å²) in [6.07, 6.45) is 2.18. The molecule has 1 aromatic heterocycles. The zero-order valence-electron chi connectivity index (χ0n) is 11.9. The van der Waals surface area contributed by atoms with Gasteiger partial charge in [-0.25, -0.2) is 14.3 Å². The first-order chi connectivity index (χ1) is 10.1. The molecule has 1 aliphatic rings. The minimum Gasteiger partial charge on any atom is -0.476 e. The minimum absolute atomic E-state index is 0.101. The molecule has 0 aliphatic carbocycles. The Morgan fingerprint density at radius 1 is 1.57 bits per heavy atom. The number of nitrogens with zero attached hydrogens (tertiary/aromatic N) is 4. The molecule has 2 amide bonds. The molecule has 1 fully saturated rings. The number of hydrogen-bond donors (Lipinski definition) is 2. The van der Waals surface area contributed by atoms with Gasteiger partial charge in [0, 0.05) is 13.1 Å². The number of nitrogens with one attached hydrogen (secondary N) is 1. The quantitative estimate of drug-likeness (QED) is 0.778. The SMILES string of the molecule is CCC1COCCN1C(=O)NCCn1cc(C(=O)O)nn1. The van der Waals surface area contributed by atoms with Crippen LogP contribution in [0.4, 0.5) is 4.79 Å². The maximum atomic E-state index is 12.1. The van der Waals surface area contributed by atoms with E-state index in [9.17, 15) is 9.59 Å². The van der Waals surface area contributed by atoms with Gasteiger partial charge in [0.05, 0.1) is 32.0 Å². The van der Waals surface area contributed by atoms with E-state index in [0.29, 0.717) is 32.8 Å². The minimum atomic E-state index is -1.12. The number of carbonyl (C=O) groups is 2. The molecule has 0 bridgehead atoms. The van der Waals surface area contributed by atoms with Crippen LogP contribution in [0.25, 0.3) is 0 Å². The molecule has 9 heteroatoms. The fourth-order valence-electron chi connectivity index (χ4n) is 2.15. The van der Waals surface area contributed by atoms with E-state index in [1.165, 1.54) is 10.9 Å². The predicted octanol–water partition coefficient (Wildman–Crippen LogP) is -0.203. The smallest absolute Gasteiger partial charge is 0.358 e. The fraction of sp³-hybridized carbons (Fsp3) is 0.667. The molecule has 21 heavy (non-hydrogen) atoms. The lowest BCUT2D eigenvalue weighted by Crippen LogP contribution is -2.52. The van der Waals surface area contributed by atoms with E-state index in [4.69, 9.17) is 9.84 Å². The Hall–Kier alpha value is -2.16. The van der Waals surface area contributed by atoms with Gasteiger partial charge in [0.1, 0.15) is 0 Å². The highest BCUT2D eigenvalue weighted by atomic mass is 16.5. The van der Waals surface area contributed by atoms with E-state index < -0.39 is 5.97 Å². The van der Waals surface area contributed by atoms with Gasteiger partial charge in [0.25, 0.3) is 0 Å². The second kappa shape index (κ2) is 7.02. The van der Waals surface area contributed by atoms with E-state index in [-0.39, 0.29) is 17.8 Å². The number of aromatic carboxylic acids is 1. The molecule has 1 aromatic rings. The van der Waals surface area contributed by atoms with Crippen LogP contribution in [0.15, 0.2) is 6.20 Å². The molecule has 2 rings (SSSR count). The van der Waals surface area contributed by atoms with Crippen LogP contribution in [0.3, 0.4) is 0 Å². The van der Waals surface area contributed by atoms with E-state index in [0.717, 1.165) is 6.42 Å². The average Bonchev–Trinajstić information content (AvgIpc) is 2.96. The van der Waals surface area contributed by atoms with E-state index >= 15 is 0 Å². The van der Waals surface area contributed by atoms with Gasteiger partial charge in [-0.3, -0.25) is 0 Å². The van der Waals surface area contributed by atoms with Crippen molar-refractivity contribution in [2.45, 2.75) is 25.9 Å². The Morgan fingerprint density at radius 3 is 3.05 bits per heavy atom. The van der Waals surface area contributed by atoms with Gasteiger partial charge in [-0.2, -0.15) is 0 Å². The molecule has 0 spiro atoms. The maximum absolute atomic E-state index is 12.1. The monoisotopic (exact) mass is 297 g/mol. The van der Waals surface area contributed by atoms with Crippen LogP contribution in [-0.2, 0) is 11.3 Å². The standard InChI is InChI=1S/C12H19N5O4/c1-2-9-8-21-6-5-17(9)12(20)13-3-4-16-7-10(11(18)19)14-15-16/h7,9H,2-6,8H2,1H3,(H,13,20)(H,18,19). The van der Waals surface area contributed by atoms with Crippen molar-refractivity contribution in [3.05, 3.63) is 11.9 Å². The molecular weight excluding hydrogens is 278 g/mol. The van der Waals surface area contributed by atoms with Crippen LogP contribution in [0, 0.1) is 0 Å². The highest BCUT2D eigenvalue weighted by molar-refractivity contribution is 5.84. The molecule has 1 atom stereocenters. The van der Waals surface area contributed by atoms with E-state index in [1.54, 1.807) is 4.90 Å². The van der Waals surface area contributed by atoms with Crippen molar-refractivity contribution in [3.8, 4) is 0 Å². The van der Waals surface area contributed by atoms with Gasteiger partial charge < -0.3 is 20.1 Å². The summed E-state index contributed by atoms with van der Waals surface area (Å²) in [5, 5.41) is 18.7. The summed E-state index contributed by atoms with van der Waals surface area (Å²) in [6.45, 7) is 4.44. The van der Waals surface area contributed by atoms with Crippen molar-refractivity contribution < 1.29 is 19.4 Å². The zero-order chi connectivity index (χ0) is 15.2. The summed E-state index contributed by atoms with van der Waals surface area (Å²) in [6, 6.07) is -0.0348. The molecule has 0 aromatic carbocycles. The predicted molar refractivity (Wildman–Crippen MR) is 72.0 cm³/mol. The maximum Gasteiger partial charge on any atom is 0.358 e. The number of carbonyl (C=O) groups excluding carboxylic acids is 1. The number of amides is 2. The van der Waals surface area contributed by atoms with Crippen LogP contribution in [0.1, 0.15) is 23.8 Å². The summed E-state index contributed by atoms with van der Waals surface area (Å²) in [5.74, 6) is -1.12. The Morgan fingerprint density at radius 2 is 2.38 bits per heavy atom.